The lowest BCUT2D eigenvalue weighted by Gasteiger charge is -2.21. The lowest BCUT2D eigenvalue weighted by atomic mass is 10.6. The molecule has 1 aliphatic heterocycles. The summed E-state index contributed by atoms with van der Waals surface area (Å²) in [6.07, 6.45) is 0. The highest BCUT2D eigenvalue weighted by atomic mass is 28.2. The Morgan fingerprint density at radius 3 is 2.92 bits per heavy atom. The van der Waals surface area contributed by atoms with Crippen molar-refractivity contribution in [3.05, 3.63) is 0 Å². The van der Waals surface area contributed by atoms with Gasteiger partial charge in [-0.25, -0.2) is 9.18 Å². The van der Waals surface area contributed by atoms with Crippen molar-refractivity contribution in [2.75, 3.05) is 13.1 Å². The Balaban J connectivity index is 2.40. The second-order valence-corrected chi connectivity index (χ2v) is 4.25. The van der Waals surface area contributed by atoms with Crippen LogP contribution in [0.3, 0.4) is 0 Å². The van der Waals surface area contributed by atoms with Gasteiger partial charge >= 0.3 is 6.03 Å². The number of aliphatic hydroxyl groups is 1. The first-order valence-electron chi connectivity index (χ1n) is 3.74. The molecule has 2 atom stereocenters. The molecular formula is C6H11FN2O2Si. The van der Waals surface area contributed by atoms with E-state index in [2.05, 4.69) is 5.32 Å². The lowest BCUT2D eigenvalue weighted by molar-refractivity contribution is 0.113. The van der Waals surface area contributed by atoms with Crippen LogP contribution in [0.2, 0.25) is 0 Å². The van der Waals surface area contributed by atoms with Gasteiger partial charge in [-0.1, -0.05) is 0 Å². The average molecular weight is 190 g/mol. The van der Waals surface area contributed by atoms with E-state index in [9.17, 15) is 9.18 Å². The number of halogens is 1. The summed E-state index contributed by atoms with van der Waals surface area (Å²) in [7, 11) is -0.264. The molecule has 1 saturated heterocycles. The molecular weight excluding hydrogens is 179 g/mol. The first-order chi connectivity index (χ1) is 5.61. The Bertz CT molecular complexity index is 179. The van der Waals surface area contributed by atoms with E-state index in [1.165, 1.54) is 4.90 Å². The summed E-state index contributed by atoms with van der Waals surface area (Å²) < 4.78 is 12.1. The molecule has 68 valence electrons. The SMILES string of the molecule is CC([Si]C(O)F)N1CCNC1=O. The van der Waals surface area contributed by atoms with Gasteiger partial charge in [0.2, 0.25) is 0 Å². The first kappa shape index (κ1) is 9.46. The number of rotatable bonds is 3. The van der Waals surface area contributed by atoms with Crippen LogP contribution in [0, 0.1) is 0 Å². The smallest absolute Gasteiger partial charge is 0.317 e. The number of hydrogen-bond acceptors (Lipinski definition) is 2. The number of carbonyl (C=O) groups excluding carboxylic acids is 1. The van der Waals surface area contributed by atoms with Crippen LogP contribution in [-0.2, 0) is 0 Å². The van der Waals surface area contributed by atoms with Crippen LogP contribution in [0.4, 0.5) is 9.18 Å². The van der Waals surface area contributed by atoms with Gasteiger partial charge in [-0.2, -0.15) is 0 Å². The third-order valence-corrected chi connectivity index (χ3v) is 2.81. The van der Waals surface area contributed by atoms with Gasteiger partial charge < -0.3 is 15.3 Å². The monoisotopic (exact) mass is 190 g/mol. The molecule has 2 amide bonds. The van der Waals surface area contributed by atoms with E-state index in [-0.39, 0.29) is 21.2 Å². The molecule has 0 aliphatic carbocycles. The summed E-state index contributed by atoms with van der Waals surface area (Å²) in [6.45, 7) is 2.93. The zero-order valence-electron chi connectivity index (χ0n) is 6.75. The minimum Gasteiger partial charge on any atom is -0.368 e. The molecule has 12 heavy (non-hydrogen) atoms. The van der Waals surface area contributed by atoms with Crippen LogP contribution in [0.1, 0.15) is 6.92 Å². The van der Waals surface area contributed by atoms with Gasteiger partial charge in [-0.05, 0) is 6.92 Å². The third-order valence-electron chi connectivity index (χ3n) is 1.74. The highest BCUT2D eigenvalue weighted by Gasteiger charge is 2.26. The van der Waals surface area contributed by atoms with Crippen molar-refractivity contribution in [2.45, 2.75) is 18.6 Å². The van der Waals surface area contributed by atoms with Crippen LogP contribution in [0.25, 0.3) is 0 Å². The van der Waals surface area contributed by atoms with Gasteiger partial charge in [0.05, 0.1) is 0 Å². The van der Waals surface area contributed by atoms with E-state index in [0.717, 1.165) is 0 Å². The predicted molar refractivity (Wildman–Crippen MR) is 42.4 cm³/mol. The maximum absolute atomic E-state index is 12.1. The molecule has 1 aliphatic rings. The highest BCUT2D eigenvalue weighted by Crippen LogP contribution is 2.04. The zero-order chi connectivity index (χ0) is 9.14. The summed E-state index contributed by atoms with van der Waals surface area (Å²) >= 11 is 0. The fourth-order valence-corrected chi connectivity index (χ4v) is 1.97. The van der Waals surface area contributed by atoms with Crippen LogP contribution in [0.15, 0.2) is 0 Å². The van der Waals surface area contributed by atoms with Gasteiger partial charge in [0.1, 0.15) is 0 Å². The summed E-state index contributed by atoms with van der Waals surface area (Å²) in [5.74, 6) is -1.81. The van der Waals surface area contributed by atoms with E-state index < -0.39 is 5.98 Å². The number of alkyl halides is 1. The van der Waals surface area contributed by atoms with Gasteiger partial charge in [-0.3, -0.25) is 0 Å². The van der Waals surface area contributed by atoms with Crippen molar-refractivity contribution >= 4 is 15.6 Å². The normalized spacial score (nSPS) is 22.2. The molecule has 0 aromatic carbocycles. The molecule has 0 aromatic rings. The van der Waals surface area contributed by atoms with Crippen LogP contribution in [-0.4, -0.2) is 50.3 Å². The molecule has 1 fully saturated rings. The van der Waals surface area contributed by atoms with Crippen molar-refractivity contribution in [1.82, 2.24) is 10.2 Å². The Labute approximate surface area is 72.6 Å². The highest BCUT2D eigenvalue weighted by molar-refractivity contribution is 6.38. The second-order valence-electron chi connectivity index (χ2n) is 2.60. The van der Waals surface area contributed by atoms with E-state index >= 15 is 0 Å². The lowest BCUT2D eigenvalue weighted by Crippen LogP contribution is -2.42. The number of amides is 2. The molecule has 0 saturated carbocycles. The van der Waals surface area contributed by atoms with Crippen molar-refractivity contribution in [3.63, 3.8) is 0 Å². The van der Waals surface area contributed by atoms with Crippen molar-refractivity contribution in [1.29, 1.82) is 0 Å². The Kier molecular flexibility index (Phi) is 3.04. The molecule has 0 spiro atoms. The third kappa shape index (κ3) is 2.18. The fraction of sp³-hybridized carbons (Fsp3) is 0.833. The summed E-state index contributed by atoms with van der Waals surface area (Å²) in [6, 6.07) is -0.171. The maximum Gasteiger partial charge on any atom is 0.317 e. The zero-order valence-corrected chi connectivity index (χ0v) is 7.75. The Morgan fingerprint density at radius 1 is 1.83 bits per heavy atom. The summed E-state index contributed by atoms with van der Waals surface area (Å²) in [4.78, 5) is 12.5. The molecule has 1 rings (SSSR count). The number of nitrogens with zero attached hydrogens (tertiary/aromatic N) is 1. The quantitative estimate of drug-likeness (QED) is 0.579. The van der Waals surface area contributed by atoms with Crippen molar-refractivity contribution in [3.8, 4) is 0 Å². The Morgan fingerprint density at radius 2 is 2.50 bits per heavy atom. The van der Waals surface area contributed by atoms with E-state index in [1.54, 1.807) is 6.92 Å². The number of carbonyl (C=O) groups is 1. The minimum atomic E-state index is -1.81. The number of nitrogens with one attached hydrogen (secondary N) is 1. The number of hydrogen-bond donors (Lipinski definition) is 2. The summed E-state index contributed by atoms with van der Waals surface area (Å²) in [5, 5.41) is 11.1. The molecule has 6 heteroatoms. The van der Waals surface area contributed by atoms with Crippen molar-refractivity contribution in [2.24, 2.45) is 0 Å². The molecule has 2 N–H and O–H groups in total. The molecule has 2 unspecified atom stereocenters. The largest absolute Gasteiger partial charge is 0.368 e. The predicted octanol–water partition coefficient (Wildman–Crippen LogP) is -0.693. The first-order valence-corrected chi connectivity index (χ1v) is 4.89. The molecule has 2 radical (unpaired) electrons. The molecule has 0 aromatic heterocycles. The Hall–Kier alpha value is -0.623. The minimum absolute atomic E-state index is 0.171. The molecule has 0 bridgehead atoms. The van der Waals surface area contributed by atoms with Crippen LogP contribution < -0.4 is 5.32 Å². The van der Waals surface area contributed by atoms with Gasteiger partial charge in [0.15, 0.2) is 15.5 Å². The number of aliphatic hydroxyl groups excluding tert-OH is 1. The van der Waals surface area contributed by atoms with Crippen molar-refractivity contribution < 1.29 is 14.3 Å². The fourth-order valence-electron chi connectivity index (χ4n) is 1.14. The maximum atomic E-state index is 12.1. The average Bonchev–Trinajstić information content (AvgIpc) is 2.33. The molecule has 1 heterocycles. The van der Waals surface area contributed by atoms with Gasteiger partial charge in [0, 0.05) is 18.8 Å². The topological polar surface area (TPSA) is 52.6 Å². The summed E-state index contributed by atoms with van der Waals surface area (Å²) in [5.41, 5.74) is -0.215. The number of urea groups is 1. The second kappa shape index (κ2) is 3.86. The van der Waals surface area contributed by atoms with E-state index in [1.807, 2.05) is 0 Å². The van der Waals surface area contributed by atoms with Gasteiger partial charge in [-0.15, -0.1) is 0 Å². The van der Waals surface area contributed by atoms with Crippen LogP contribution in [0.5, 0.6) is 0 Å². The van der Waals surface area contributed by atoms with E-state index in [0.29, 0.717) is 13.1 Å². The van der Waals surface area contributed by atoms with E-state index in [4.69, 9.17) is 5.11 Å². The molecule has 4 nitrogen and oxygen atoms in total. The standard InChI is InChI=1S/C6H11FN2O2Si/c1-4(12-5(7)10)9-3-2-8-6(9)11/h4-5,10H,2-3H2,1H3,(H,8,11). The van der Waals surface area contributed by atoms with Gasteiger partial charge in [0.25, 0.3) is 0 Å². The van der Waals surface area contributed by atoms with Crippen LogP contribution >= 0.6 is 0 Å².